The molecule has 2 aromatic rings. The van der Waals surface area contributed by atoms with Crippen molar-refractivity contribution in [1.82, 2.24) is 10.2 Å². The molecular weight excluding hydrogens is 404 g/mol. The first-order valence-electron chi connectivity index (χ1n) is 11.3. The highest BCUT2D eigenvalue weighted by Gasteiger charge is 2.28. The second-order valence-electron chi connectivity index (χ2n) is 8.20. The highest BCUT2D eigenvalue weighted by Crippen LogP contribution is 2.18. The van der Waals surface area contributed by atoms with Crippen molar-refractivity contribution in [3.63, 3.8) is 0 Å². The lowest BCUT2D eigenvalue weighted by Gasteiger charge is -2.31. The van der Waals surface area contributed by atoms with Crippen molar-refractivity contribution in [3.05, 3.63) is 60.2 Å². The summed E-state index contributed by atoms with van der Waals surface area (Å²) < 4.78 is 10.9. The zero-order valence-corrected chi connectivity index (χ0v) is 19.7. The van der Waals surface area contributed by atoms with Crippen LogP contribution in [0.25, 0.3) is 0 Å². The topological polar surface area (TPSA) is 67.9 Å². The predicted molar refractivity (Wildman–Crippen MR) is 127 cm³/mol. The van der Waals surface area contributed by atoms with Crippen LogP contribution in [0, 0.1) is 5.92 Å². The fourth-order valence-corrected chi connectivity index (χ4v) is 3.35. The lowest BCUT2D eigenvalue weighted by Crippen LogP contribution is -2.49. The third-order valence-corrected chi connectivity index (χ3v) is 5.13. The van der Waals surface area contributed by atoms with Gasteiger partial charge in [-0.25, -0.2) is 0 Å². The van der Waals surface area contributed by atoms with Gasteiger partial charge in [0.05, 0.1) is 13.7 Å². The molecule has 2 aromatic carbocycles. The highest BCUT2D eigenvalue weighted by atomic mass is 16.5. The molecule has 0 fully saturated rings. The summed E-state index contributed by atoms with van der Waals surface area (Å²) in [6.07, 6.45) is 1.45. The van der Waals surface area contributed by atoms with Crippen LogP contribution in [0.5, 0.6) is 11.5 Å². The Labute approximate surface area is 191 Å². The van der Waals surface area contributed by atoms with Crippen LogP contribution in [0.1, 0.15) is 45.6 Å². The minimum Gasteiger partial charge on any atom is -0.497 e. The molecule has 32 heavy (non-hydrogen) atoms. The third-order valence-electron chi connectivity index (χ3n) is 5.13. The molecule has 6 heteroatoms. The standard InChI is InChI=1S/C26H36N2O4/c1-5-24(26(30)27-18-20(2)3)28(19-21-10-7-6-8-11-21)25(29)12-9-17-32-23-15-13-22(31-4)14-16-23/h6-8,10-11,13-16,20,24H,5,9,12,17-19H2,1-4H3,(H,27,30)/t24-/m0/s1. The van der Waals surface area contributed by atoms with Crippen LogP contribution in [-0.2, 0) is 16.1 Å². The summed E-state index contributed by atoms with van der Waals surface area (Å²) in [5.41, 5.74) is 1.01. The summed E-state index contributed by atoms with van der Waals surface area (Å²) in [5.74, 6) is 1.72. The zero-order chi connectivity index (χ0) is 23.3. The van der Waals surface area contributed by atoms with E-state index in [9.17, 15) is 9.59 Å². The number of hydrogen-bond donors (Lipinski definition) is 1. The minimum absolute atomic E-state index is 0.0428. The molecule has 0 bridgehead atoms. The predicted octanol–water partition coefficient (Wildman–Crippen LogP) is 4.43. The van der Waals surface area contributed by atoms with Gasteiger partial charge in [0.25, 0.3) is 0 Å². The van der Waals surface area contributed by atoms with Crippen LogP contribution in [0.15, 0.2) is 54.6 Å². The first-order valence-corrected chi connectivity index (χ1v) is 11.3. The molecule has 0 aliphatic rings. The SMILES string of the molecule is CC[C@@H](C(=O)NCC(C)C)N(Cc1ccccc1)C(=O)CCCOc1ccc(OC)cc1. The number of amides is 2. The molecule has 0 aromatic heterocycles. The van der Waals surface area contributed by atoms with Crippen LogP contribution in [0.2, 0.25) is 0 Å². The maximum absolute atomic E-state index is 13.2. The first-order chi connectivity index (χ1) is 15.4. The van der Waals surface area contributed by atoms with Gasteiger partial charge in [-0.1, -0.05) is 51.1 Å². The highest BCUT2D eigenvalue weighted by molar-refractivity contribution is 5.87. The molecule has 0 saturated heterocycles. The number of hydrogen-bond acceptors (Lipinski definition) is 4. The number of carbonyl (C=O) groups is 2. The van der Waals surface area contributed by atoms with E-state index in [4.69, 9.17) is 9.47 Å². The Morgan fingerprint density at radius 1 is 1.00 bits per heavy atom. The third kappa shape index (κ3) is 8.25. The fraction of sp³-hybridized carbons (Fsp3) is 0.462. The molecule has 174 valence electrons. The Kier molecular flexibility index (Phi) is 10.6. The molecule has 6 nitrogen and oxygen atoms in total. The number of benzene rings is 2. The molecule has 2 amide bonds. The molecule has 0 radical (unpaired) electrons. The average Bonchev–Trinajstić information content (AvgIpc) is 2.81. The van der Waals surface area contributed by atoms with Crippen molar-refractivity contribution in [1.29, 1.82) is 0 Å². The van der Waals surface area contributed by atoms with Gasteiger partial charge in [-0.3, -0.25) is 9.59 Å². The van der Waals surface area contributed by atoms with Gasteiger partial charge in [0, 0.05) is 19.5 Å². The van der Waals surface area contributed by atoms with E-state index < -0.39 is 6.04 Å². The van der Waals surface area contributed by atoms with Crippen LogP contribution >= 0.6 is 0 Å². The van der Waals surface area contributed by atoms with E-state index >= 15 is 0 Å². The lowest BCUT2D eigenvalue weighted by atomic mass is 10.1. The molecule has 0 spiro atoms. The van der Waals surface area contributed by atoms with E-state index in [0.717, 1.165) is 17.1 Å². The first kappa shape index (κ1) is 25.2. The van der Waals surface area contributed by atoms with Gasteiger partial charge in [-0.15, -0.1) is 0 Å². The second kappa shape index (κ2) is 13.4. The molecule has 0 aliphatic carbocycles. The number of methoxy groups -OCH3 is 1. The summed E-state index contributed by atoms with van der Waals surface area (Å²) >= 11 is 0. The Morgan fingerprint density at radius 2 is 1.66 bits per heavy atom. The fourth-order valence-electron chi connectivity index (χ4n) is 3.35. The molecule has 0 aliphatic heterocycles. The van der Waals surface area contributed by atoms with Crippen molar-refractivity contribution in [2.45, 2.75) is 52.6 Å². The molecule has 1 atom stereocenters. The summed E-state index contributed by atoms with van der Waals surface area (Å²) in [7, 11) is 1.62. The van der Waals surface area contributed by atoms with Gasteiger partial charge in [-0.2, -0.15) is 0 Å². The zero-order valence-electron chi connectivity index (χ0n) is 19.7. The van der Waals surface area contributed by atoms with E-state index in [0.29, 0.717) is 44.9 Å². The van der Waals surface area contributed by atoms with E-state index in [1.54, 1.807) is 12.0 Å². The van der Waals surface area contributed by atoms with E-state index in [1.807, 2.05) is 61.5 Å². The molecular formula is C26H36N2O4. The maximum atomic E-state index is 13.2. The van der Waals surface area contributed by atoms with Crippen molar-refractivity contribution in [3.8, 4) is 11.5 Å². The summed E-state index contributed by atoms with van der Waals surface area (Å²) in [5, 5.41) is 2.98. The second-order valence-corrected chi connectivity index (χ2v) is 8.20. The van der Waals surface area contributed by atoms with Gasteiger partial charge in [-0.05, 0) is 48.6 Å². The van der Waals surface area contributed by atoms with Crippen LogP contribution in [-0.4, -0.2) is 43.0 Å². The van der Waals surface area contributed by atoms with Crippen LogP contribution in [0.4, 0.5) is 0 Å². The molecule has 2 rings (SSSR count). The van der Waals surface area contributed by atoms with E-state index in [1.165, 1.54) is 0 Å². The van der Waals surface area contributed by atoms with E-state index in [2.05, 4.69) is 19.2 Å². The quantitative estimate of drug-likeness (QED) is 0.468. The van der Waals surface area contributed by atoms with E-state index in [-0.39, 0.29) is 11.8 Å². The summed E-state index contributed by atoms with van der Waals surface area (Å²) in [6, 6.07) is 16.7. The lowest BCUT2D eigenvalue weighted by molar-refractivity contribution is -0.141. The average molecular weight is 441 g/mol. The Hall–Kier alpha value is -3.02. The molecule has 1 N–H and O–H groups in total. The number of nitrogens with zero attached hydrogens (tertiary/aromatic N) is 1. The van der Waals surface area contributed by atoms with Gasteiger partial charge in [0.1, 0.15) is 17.5 Å². The van der Waals surface area contributed by atoms with Crippen molar-refractivity contribution >= 4 is 11.8 Å². The number of rotatable bonds is 13. The smallest absolute Gasteiger partial charge is 0.242 e. The summed E-state index contributed by atoms with van der Waals surface area (Å²) in [4.78, 5) is 27.7. The maximum Gasteiger partial charge on any atom is 0.242 e. The monoisotopic (exact) mass is 440 g/mol. The van der Waals surface area contributed by atoms with Crippen molar-refractivity contribution in [2.75, 3.05) is 20.3 Å². The molecule has 0 saturated carbocycles. The van der Waals surface area contributed by atoms with Gasteiger partial charge in [0.2, 0.25) is 11.8 Å². The van der Waals surface area contributed by atoms with Crippen molar-refractivity contribution < 1.29 is 19.1 Å². The van der Waals surface area contributed by atoms with Crippen molar-refractivity contribution in [2.24, 2.45) is 5.92 Å². The molecule has 0 unspecified atom stereocenters. The normalized spacial score (nSPS) is 11.7. The Morgan fingerprint density at radius 3 is 2.25 bits per heavy atom. The number of nitrogens with one attached hydrogen (secondary N) is 1. The van der Waals surface area contributed by atoms with Gasteiger partial charge >= 0.3 is 0 Å². The Balaban J connectivity index is 1.99. The minimum atomic E-state index is -0.496. The van der Waals surface area contributed by atoms with Crippen LogP contribution in [0.3, 0.4) is 0 Å². The number of carbonyl (C=O) groups excluding carboxylic acids is 2. The Bertz CT molecular complexity index is 821. The largest absolute Gasteiger partial charge is 0.497 e. The van der Waals surface area contributed by atoms with Gasteiger partial charge < -0.3 is 19.7 Å². The molecule has 0 heterocycles. The van der Waals surface area contributed by atoms with Crippen LogP contribution < -0.4 is 14.8 Å². The number of ether oxygens (including phenoxy) is 2. The summed E-state index contributed by atoms with van der Waals surface area (Å²) in [6.45, 7) is 7.48. The van der Waals surface area contributed by atoms with Gasteiger partial charge in [0.15, 0.2) is 0 Å².